The largest absolute Gasteiger partial charge is 0.476 e. The van der Waals surface area contributed by atoms with E-state index in [1.807, 2.05) is 0 Å². The molecule has 0 fully saturated rings. The SMILES string of the molecule is C=CC(=O)OCC(O)(OC(=O)C=C)C(=O)O. The number of hydrogen-bond acceptors (Lipinski definition) is 6. The Kier molecular flexibility index (Phi) is 4.90. The second kappa shape index (κ2) is 5.66. The van der Waals surface area contributed by atoms with E-state index in [9.17, 15) is 19.5 Å². The molecular formula is C9H10O7. The van der Waals surface area contributed by atoms with Gasteiger partial charge in [-0.2, -0.15) is 0 Å². The van der Waals surface area contributed by atoms with Gasteiger partial charge in [-0.1, -0.05) is 13.2 Å². The number of carboxylic acid groups (broad SMARTS) is 1. The number of esters is 2. The average Bonchev–Trinajstić information content (AvgIpc) is 2.25. The number of carboxylic acids is 1. The Balaban J connectivity index is 4.63. The fraction of sp³-hybridized carbons (Fsp3) is 0.222. The molecular weight excluding hydrogens is 220 g/mol. The molecule has 7 heteroatoms. The van der Waals surface area contributed by atoms with Crippen LogP contribution in [-0.4, -0.2) is 40.5 Å². The van der Waals surface area contributed by atoms with Crippen LogP contribution in [0.2, 0.25) is 0 Å². The van der Waals surface area contributed by atoms with Crippen molar-refractivity contribution >= 4 is 17.9 Å². The van der Waals surface area contributed by atoms with E-state index in [2.05, 4.69) is 22.6 Å². The maximum absolute atomic E-state index is 10.7. The minimum Gasteiger partial charge on any atom is -0.476 e. The highest BCUT2D eigenvalue weighted by atomic mass is 16.7. The van der Waals surface area contributed by atoms with Gasteiger partial charge in [0.25, 0.3) is 0 Å². The first-order valence-electron chi connectivity index (χ1n) is 3.96. The summed E-state index contributed by atoms with van der Waals surface area (Å²) in [7, 11) is 0. The van der Waals surface area contributed by atoms with Crippen molar-refractivity contribution in [3.8, 4) is 0 Å². The third-order valence-corrected chi connectivity index (χ3v) is 1.35. The van der Waals surface area contributed by atoms with E-state index in [0.717, 1.165) is 6.08 Å². The van der Waals surface area contributed by atoms with Gasteiger partial charge in [0.15, 0.2) is 6.61 Å². The van der Waals surface area contributed by atoms with Crippen LogP contribution in [0.1, 0.15) is 0 Å². The van der Waals surface area contributed by atoms with Crippen LogP contribution in [0.3, 0.4) is 0 Å². The monoisotopic (exact) mass is 230 g/mol. The van der Waals surface area contributed by atoms with Gasteiger partial charge < -0.3 is 19.7 Å². The number of hydrogen-bond donors (Lipinski definition) is 2. The summed E-state index contributed by atoms with van der Waals surface area (Å²) in [6, 6.07) is 0. The molecule has 0 saturated carbocycles. The second-order valence-electron chi connectivity index (χ2n) is 2.53. The zero-order valence-electron chi connectivity index (χ0n) is 8.21. The summed E-state index contributed by atoms with van der Waals surface area (Å²) in [5, 5.41) is 17.9. The fourth-order valence-electron chi connectivity index (χ4n) is 0.571. The zero-order chi connectivity index (χ0) is 12.8. The molecule has 0 spiro atoms. The molecule has 0 aromatic heterocycles. The third-order valence-electron chi connectivity index (χ3n) is 1.35. The van der Waals surface area contributed by atoms with Gasteiger partial charge in [-0.3, -0.25) is 0 Å². The standard InChI is InChI=1S/C9H10O7/c1-3-6(10)15-5-9(14,8(12)13)16-7(11)4-2/h3-4,14H,1-2,5H2,(H,12,13). The highest BCUT2D eigenvalue weighted by Crippen LogP contribution is 2.09. The molecule has 88 valence electrons. The first-order chi connectivity index (χ1) is 7.35. The molecule has 0 aromatic carbocycles. The minimum absolute atomic E-state index is 0.656. The summed E-state index contributed by atoms with van der Waals surface area (Å²) in [4.78, 5) is 31.9. The van der Waals surface area contributed by atoms with Crippen LogP contribution in [0.25, 0.3) is 0 Å². The van der Waals surface area contributed by atoms with Crippen LogP contribution >= 0.6 is 0 Å². The lowest BCUT2D eigenvalue weighted by atomic mass is 10.3. The number of aliphatic hydroxyl groups is 1. The molecule has 7 nitrogen and oxygen atoms in total. The van der Waals surface area contributed by atoms with Crippen molar-refractivity contribution < 1.29 is 34.1 Å². The van der Waals surface area contributed by atoms with Gasteiger partial charge in [-0.15, -0.1) is 0 Å². The van der Waals surface area contributed by atoms with E-state index >= 15 is 0 Å². The van der Waals surface area contributed by atoms with Gasteiger partial charge in [-0.05, 0) is 0 Å². The average molecular weight is 230 g/mol. The highest BCUT2D eigenvalue weighted by Gasteiger charge is 2.42. The van der Waals surface area contributed by atoms with Crippen LogP contribution < -0.4 is 0 Å². The Labute approximate surface area is 90.6 Å². The van der Waals surface area contributed by atoms with Gasteiger partial charge in [0.1, 0.15) is 0 Å². The highest BCUT2D eigenvalue weighted by molar-refractivity contribution is 5.86. The maximum atomic E-state index is 10.7. The van der Waals surface area contributed by atoms with Crippen LogP contribution in [-0.2, 0) is 23.9 Å². The topological polar surface area (TPSA) is 110 Å². The maximum Gasteiger partial charge on any atom is 0.381 e. The summed E-state index contributed by atoms with van der Waals surface area (Å²) in [6.45, 7) is 5.02. The fourth-order valence-corrected chi connectivity index (χ4v) is 0.571. The molecule has 16 heavy (non-hydrogen) atoms. The zero-order valence-corrected chi connectivity index (χ0v) is 8.21. The summed E-state index contributed by atoms with van der Waals surface area (Å²) in [5.41, 5.74) is 0. The molecule has 2 N–H and O–H groups in total. The van der Waals surface area contributed by atoms with E-state index in [1.165, 1.54) is 0 Å². The molecule has 0 aliphatic carbocycles. The summed E-state index contributed by atoms with van der Waals surface area (Å²) < 4.78 is 8.39. The van der Waals surface area contributed by atoms with Gasteiger partial charge in [0, 0.05) is 12.2 Å². The Morgan fingerprint density at radius 2 is 1.69 bits per heavy atom. The molecule has 0 bridgehead atoms. The van der Waals surface area contributed by atoms with E-state index in [0.29, 0.717) is 6.08 Å². The predicted molar refractivity (Wildman–Crippen MR) is 50.0 cm³/mol. The lowest BCUT2D eigenvalue weighted by molar-refractivity contribution is -0.233. The Morgan fingerprint density at radius 3 is 2.06 bits per heavy atom. The van der Waals surface area contributed by atoms with Crippen LogP contribution in [0.5, 0.6) is 0 Å². The van der Waals surface area contributed by atoms with E-state index in [-0.39, 0.29) is 0 Å². The number of aliphatic carboxylic acids is 1. The first-order valence-corrected chi connectivity index (χ1v) is 3.96. The van der Waals surface area contributed by atoms with E-state index < -0.39 is 30.3 Å². The third kappa shape index (κ3) is 3.93. The normalized spacial score (nSPS) is 13.1. The Hall–Kier alpha value is -2.15. The molecule has 0 aliphatic rings. The van der Waals surface area contributed by atoms with Crippen LogP contribution in [0.15, 0.2) is 25.3 Å². The molecule has 0 saturated heterocycles. The molecule has 0 aromatic rings. The molecule has 0 rings (SSSR count). The van der Waals surface area contributed by atoms with Crippen molar-refractivity contribution in [3.63, 3.8) is 0 Å². The number of ether oxygens (including phenoxy) is 2. The second-order valence-corrected chi connectivity index (χ2v) is 2.53. The van der Waals surface area contributed by atoms with Crippen molar-refractivity contribution in [3.05, 3.63) is 25.3 Å². The number of rotatable bonds is 6. The smallest absolute Gasteiger partial charge is 0.381 e. The molecule has 0 amide bonds. The van der Waals surface area contributed by atoms with E-state index in [4.69, 9.17) is 5.11 Å². The molecule has 1 unspecified atom stereocenters. The van der Waals surface area contributed by atoms with Crippen molar-refractivity contribution in [2.24, 2.45) is 0 Å². The molecule has 1 atom stereocenters. The van der Waals surface area contributed by atoms with Crippen molar-refractivity contribution in [1.29, 1.82) is 0 Å². The van der Waals surface area contributed by atoms with Crippen molar-refractivity contribution in [2.75, 3.05) is 6.61 Å². The van der Waals surface area contributed by atoms with Gasteiger partial charge in [0.05, 0.1) is 0 Å². The first kappa shape index (κ1) is 13.8. The molecule has 0 aliphatic heterocycles. The van der Waals surface area contributed by atoms with Crippen molar-refractivity contribution in [1.82, 2.24) is 0 Å². The van der Waals surface area contributed by atoms with Crippen molar-refractivity contribution in [2.45, 2.75) is 5.79 Å². The van der Waals surface area contributed by atoms with Gasteiger partial charge in [0.2, 0.25) is 0 Å². The predicted octanol–water partition coefficient (Wildman–Crippen LogP) is -0.782. The van der Waals surface area contributed by atoms with Gasteiger partial charge in [-0.25, -0.2) is 14.4 Å². The van der Waals surface area contributed by atoms with Gasteiger partial charge >= 0.3 is 23.7 Å². The summed E-state index contributed by atoms with van der Waals surface area (Å²) in [5.74, 6) is -6.95. The van der Waals surface area contributed by atoms with E-state index in [1.54, 1.807) is 0 Å². The summed E-state index contributed by atoms with van der Waals surface area (Å²) in [6.07, 6.45) is 1.42. The Morgan fingerprint density at radius 1 is 1.19 bits per heavy atom. The summed E-state index contributed by atoms with van der Waals surface area (Å²) >= 11 is 0. The van der Waals surface area contributed by atoms with Crippen LogP contribution in [0, 0.1) is 0 Å². The molecule has 0 heterocycles. The number of carbonyl (C=O) groups is 3. The minimum atomic E-state index is -2.94. The number of carbonyl (C=O) groups excluding carboxylic acids is 2. The molecule has 0 radical (unpaired) electrons. The Bertz CT molecular complexity index is 333. The lowest BCUT2D eigenvalue weighted by Gasteiger charge is -2.21. The quantitative estimate of drug-likeness (QED) is 0.349. The lowest BCUT2D eigenvalue weighted by Crippen LogP contribution is -2.47. The van der Waals surface area contributed by atoms with Crippen LogP contribution in [0.4, 0.5) is 0 Å².